The first-order chi connectivity index (χ1) is 12.7. The summed E-state index contributed by atoms with van der Waals surface area (Å²) in [6, 6.07) is 8.83. The summed E-state index contributed by atoms with van der Waals surface area (Å²) >= 11 is 0. The number of benzene rings is 1. The zero-order valence-corrected chi connectivity index (χ0v) is 16.8. The van der Waals surface area contributed by atoms with Crippen LogP contribution in [0.25, 0.3) is 0 Å². The zero-order chi connectivity index (χ0) is 18.6. The van der Waals surface area contributed by atoms with Gasteiger partial charge >= 0.3 is 0 Å². The molecular formula is C21H36N4O. The predicted octanol–water partition coefficient (Wildman–Crippen LogP) is 3.15. The molecule has 0 aromatic heterocycles. The standard InChI is InChI=1S/C21H36N4O/c1-4-5-6-7-11-23-21(22-3)24-15-19-9-8-10-20(14-19)17-25-12-13-26-18(2)16-25/h8-10,14,18H,4-7,11-13,15-17H2,1-3H3,(H2,22,23,24). The highest BCUT2D eigenvalue weighted by Gasteiger charge is 2.16. The summed E-state index contributed by atoms with van der Waals surface area (Å²) in [4.78, 5) is 6.79. The molecule has 1 aliphatic heterocycles. The fourth-order valence-electron chi connectivity index (χ4n) is 3.30. The molecule has 0 saturated carbocycles. The Morgan fingerprint density at radius 3 is 2.85 bits per heavy atom. The molecule has 0 radical (unpaired) electrons. The van der Waals surface area contributed by atoms with Crippen molar-refractivity contribution >= 4 is 5.96 Å². The molecule has 0 bridgehead atoms. The van der Waals surface area contributed by atoms with Gasteiger partial charge in [-0.15, -0.1) is 0 Å². The Kier molecular flexibility index (Phi) is 9.50. The van der Waals surface area contributed by atoms with Crippen LogP contribution in [0.1, 0.15) is 50.7 Å². The van der Waals surface area contributed by atoms with E-state index in [1.807, 2.05) is 7.05 Å². The average Bonchev–Trinajstić information content (AvgIpc) is 2.64. The van der Waals surface area contributed by atoms with Gasteiger partial charge in [-0.1, -0.05) is 50.5 Å². The highest BCUT2D eigenvalue weighted by atomic mass is 16.5. The quantitative estimate of drug-likeness (QED) is 0.403. The van der Waals surface area contributed by atoms with Crippen LogP contribution in [-0.4, -0.2) is 50.3 Å². The van der Waals surface area contributed by atoms with Crippen LogP contribution in [0.5, 0.6) is 0 Å². The number of rotatable bonds is 9. The number of aliphatic imine (C=N–C) groups is 1. The van der Waals surface area contributed by atoms with Gasteiger partial charge in [0, 0.05) is 39.8 Å². The molecule has 2 rings (SSSR count). The van der Waals surface area contributed by atoms with Crippen LogP contribution < -0.4 is 10.6 Å². The summed E-state index contributed by atoms with van der Waals surface area (Å²) < 4.78 is 5.63. The van der Waals surface area contributed by atoms with Crippen LogP contribution in [0, 0.1) is 0 Å². The number of hydrogen-bond donors (Lipinski definition) is 2. The second kappa shape index (κ2) is 11.9. The van der Waals surface area contributed by atoms with Crippen molar-refractivity contribution in [1.29, 1.82) is 0 Å². The van der Waals surface area contributed by atoms with E-state index in [1.165, 1.54) is 36.8 Å². The molecule has 1 aliphatic rings. The molecule has 1 aromatic carbocycles. The molecule has 1 heterocycles. The molecule has 2 N–H and O–H groups in total. The number of nitrogens with zero attached hydrogens (tertiary/aromatic N) is 2. The van der Waals surface area contributed by atoms with Gasteiger partial charge in [0.2, 0.25) is 0 Å². The van der Waals surface area contributed by atoms with Crippen LogP contribution in [0.3, 0.4) is 0 Å². The lowest BCUT2D eigenvalue weighted by atomic mass is 10.1. The molecule has 5 heteroatoms. The Morgan fingerprint density at radius 2 is 2.08 bits per heavy atom. The van der Waals surface area contributed by atoms with Gasteiger partial charge in [0.15, 0.2) is 5.96 Å². The third-order valence-electron chi connectivity index (χ3n) is 4.73. The van der Waals surface area contributed by atoms with Gasteiger partial charge in [-0.3, -0.25) is 9.89 Å². The van der Waals surface area contributed by atoms with Crippen LogP contribution in [0.2, 0.25) is 0 Å². The predicted molar refractivity (Wildman–Crippen MR) is 109 cm³/mol. The number of nitrogens with one attached hydrogen (secondary N) is 2. The fourth-order valence-corrected chi connectivity index (χ4v) is 3.30. The maximum absolute atomic E-state index is 5.63. The third-order valence-corrected chi connectivity index (χ3v) is 4.73. The van der Waals surface area contributed by atoms with E-state index in [0.29, 0.717) is 6.10 Å². The van der Waals surface area contributed by atoms with Gasteiger partial charge in [-0.05, 0) is 24.5 Å². The minimum atomic E-state index is 0.334. The van der Waals surface area contributed by atoms with Crippen LogP contribution >= 0.6 is 0 Å². The maximum atomic E-state index is 5.63. The first-order valence-electron chi connectivity index (χ1n) is 10.1. The Bertz CT molecular complexity index is 547. The first kappa shape index (κ1) is 20.7. The second-order valence-corrected chi connectivity index (χ2v) is 7.15. The topological polar surface area (TPSA) is 48.9 Å². The molecule has 1 aromatic rings. The summed E-state index contributed by atoms with van der Waals surface area (Å²) in [7, 11) is 1.83. The molecule has 1 unspecified atom stereocenters. The monoisotopic (exact) mass is 360 g/mol. The van der Waals surface area contributed by atoms with Gasteiger partial charge in [-0.2, -0.15) is 0 Å². The molecular weight excluding hydrogens is 324 g/mol. The van der Waals surface area contributed by atoms with E-state index in [-0.39, 0.29) is 0 Å². The highest BCUT2D eigenvalue weighted by molar-refractivity contribution is 5.79. The van der Waals surface area contributed by atoms with E-state index in [1.54, 1.807) is 0 Å². The summed E-state index contributed by atoms with van der Waals surface area (Å²) in [6.45, 7) is 10.0. The minimum absolute atomic E-state index is 0.334. The summed E-state index contributed by atoms with van der Waals surface area (Å²) in [5, 5.41) is 6.82. The second-order valence-electron chi connectivity index (χ2n) is 7.15. The Labute approximate surface area is 159 Å². The Hall–Kier alpha value is -1.59. The SMILES string of the molecule is CCCCCCNC(=NC)NCc1cccc(CN2CCOC(C)C2)c1. The van der Waals surface area contributed by atoms with Gasteiger partial charge in [-0.25, -0.2) is 0 Å². The minimum Gasteiger partial charge on any atom is -0.376 e. The summed E-state index contributed by atoms with van der Waals surface area (Å²) in [5.74, 6) is 0.883. The van der Waals surface area contributed by atoms with Crippen molar-refractivity contribution in [1.82, 2.24) is 15.5 Å². The van der Waals surface area contributed by atoms with Crippen molar-refractivity contribution in [3.05, 3.63) is 35.4 Å². The number of ether oxygens (including phenoxy) is 1. The molecule has 1 atom stereocenters. The maximum Gasteiger partial charge on any atom is 0.191 e. The Morgan fingerprint density at radius 1 is 1.23 bits per heavy atom. The third kappa shape index (κ3) is 7.75. The number of hydrogen-bond acceptors (Lipinski definition) is 3. The van der Waals surface area contributed by atoms with E-state index in [2.05, 4.69) is 58.6 Å². The van der Waals surface area contributed by atoms with Crippen molar-refractivity contribution in [3.8, 4) is 0 Å². The Balaban J connectivity index is 1.76. The van der Waals surface area contributed by atoms with Crippen LogP contribution in [0.4, 0.5) is 0 Å². The smallest absolute Gasteiger partial charge is 0.191 e. The molecule has 0 spiro atoms. The fraction of sp³-hybridized carbons (Fsp3) is 0.667. The summed E-state index contributed by atoms with van der Waals surface area (Å²) in [5.41, 5.74) is 2.65. The van der Waals surface area contributed by atoms with Crippen molar-refractivity contribution in [2.45, 2.75) is 58.7 Å². The number of guanidine groups is 1. The largest absolute Gasteiger partial charge is 0.376 e. The lowest BCUT2D eigenvalue weighted by Gasteiger charge is -2.31. The molecule has 146 valence electrons. The number of unbranched alkanes of at least 4 members (excludes halogenated alkanes) is 3. The first-order valence-corrected chi connectivity index (χ1v) is 10.1. The lowest BCUT2D eigenvalue weighted by Crippen LogP contribution is -2.40. The zero-order valence-electron chi connectivity index (χ0n) is 16.8. The van der Waals surface area contributed by atoms with Gasteiger partial charge < -0.3 is 15.4 Å². The van der Waals surface area contributed by atoms with Crippen molar-refractivity contribution in [3.63, 3.8) is 0 Å². The van der Waals surface area contributed by atoms with Gasteiger partial charge in [0.25, 0.3) is 0 Å². The molecule has 0 amide bonds. The molecule has 0 aliphatic carbocycles. The van der Waals surface area contributed by atoms with Crippen LogP contribution in [0.15, 0.2) is 29.3 Å². The van der Waals surface area contributed by atoms with E-state index < -0.39 is 0 Å². The molecule has 1 saturated heterocycles. The van der Waals surface area contributed by atoms with Crippen molar-refractivity contribution in [2.24, 2.45) is 4.99 Å². The van der Waals surface area contributed by atoms with Gasteiger partial charge in [0.1, 0.15) is 0 Å². The van der Waals surface area contributed by atoms with Crippen molar-refractivity contribution < 1.29 is 4.74 Å². The highest BCUT2D eigenvalue weighted by Crippen LogP contribution is 2.12. The average molecular weight is 361 g/mol. The normalized spacial score (nSPS) is 18.7. The van der Waals surface area contributed by atoms with E-state index in [0.717, 1.165) is 45.3 Å². The molecule has 1 fully saturated rings. The van der Waals surface area contributed by atoms with Gasteiger partial charge in [0.05, 0.1) is 12.7 Å². The summed E-state index contributed by atoms with van der Waals surface area (Å²) in [6.07, 6.45) is 5.39. The lowest BCUT2D eigenvalue weighted by molar-refractivity contribution is -0.0212. The van der Waals surface area contributed by atoms with E-state index >= 15 is 0 Å². The number of morpholine rings is 1. The van der Waals surface area contributed by atoms with Crippen LogP contribution in [-0.2, 0) is 17.8 Å². The molecule has 26 heavy (non-hydrogen) atoms. The van der Waals surface area contributed by atoms with E-state index in [4.69, 9.17) is 4.74 Å². The van der Waals surface area contributed by atoms with Crippen molar-refractivity contribution in [2.75, 3.05) is 33.3 Å². The molecule has 5 nitrogen and oxygen atoms in total. The van der Waals surface area contributed by atoms with E-state index in [9.17, 15) is 0 Å².